The molecule has 0 saturated carbocycles. The lowest BCUT2D eigenvalue weighted by atomic mass is 9.89. The Hall–Kier alpha value is -1.80. The first-order chi connectivity index (χ1) is 15.9. The average molecular weight is 475 g/mol. The van der Waals surface area contributed by atoms with Crippen LogP contribution in [0.5, 0.6) is 0 Å². The standard InChI is InChI=1S/C26H35FN2O3S/c1-19(2)23-15-22(17-33-23)25(30)29-12-14-32-26(18-29)8-10-28(11-9-26)16-21-6-4-5-20(24(21)27)7-13-31-3/h4-6,15,17,19H,7-14,16,18H2,1-3H3. The molecule has 0 aliphatic carbocycles. The Morgan fingerprint density at radius 1 is 1.24 bits per heavy atom. The second-order valence-corrected chi connectivity index (χ2v) is 10.5. The summed E-state index contributed by atoms with van der Waals surface area (Å²) in [6.07, 6.45) is 2.28. The van der Waals surface area contributed by atoms with E-state index < -0.39 is 0 Å². The van der Waals surface area contributed by atoms with E-state index in [4.69, 9.17) is 9.47 Å². The maximum atomic E-state index is 14.9. The number of methoxy groups -OCH3 is 1. The number of rotatable bonds is 7. The Morgan fingerprint density at radius 2 is 2.00 bits per heavy atom. The molecule has 4 rings (SSSR count). The van der Waals surface area contributed by atoms with Gasteiger partial charge in [-0.2, -0.15) is 0 Å². The lowest BCUT2D eigenvalue weighted by Crippen LogP contribution is -2.57. The van der Waals surface area contributed by atoms with E-state index in [0.717, 1.165) is 37.1 Å². The molecule has 1 spiro atoms. The molecule has 7 heteroatoms. The fraction of sp³-hybridized carbons (Fsp3) is 0.577. The predicted octanol–water partition coefficient (Wildman–Crippen LogP) is 4.71. The SMILES string of the molecule is COCCc1cccc(CN2CCC3(CC2)CN(C(=O)c2csc(C(C)C)c2)CCO3)c1F. The average Bonchev–Trinajstić information content (AvgIpc) is 3.32. The number of carbonyl (C=O) groups is 1. The summed E-state index contributed by atoms with van der Waals surface area (Å²) in [7, 11) is 1.64. The number of hydrogen-bond donors (Lipinski definition) is 0. The summed E-state index contributed by atoms with van der Waals surface area (Å²) >= 11 is 1.66. The van der Waals surface area contributed by atoms with E-state index in [0.29, 0.717) is 50.8 Å². The van der Waals surface area contributed by atoms with Crippen LogP contribution in [0.4, 0.5) is 4.39 Å². The monoisotopic (exact) mass is 474 g/mol. The summed E-state index contributed by atoms with van der Waals surface area (Å²) in [5.41, 5.74) is 1.95. The molecule has 0 unspecified atom stereocenters. The summed E-state index contributed by atoms with van der Waals surface area (Å²) in [6, 6.07) is 7.68. The van der Waals surface area contributed by atoms with Gasteiger partial charge in [0.15, 0.2) is 0 Å². The van der Waals surface area contributed by atoms with E-state index in [1.165, 1.54) is 4.88 Å². The highest BCUT2D eigenvalue weighted by Gasteiger charge is 2.41. The number of benzene rings is 1. The molecule has 2 fully saturated rings. The highest BCUT2D eigenvalue weighted by molar-refractivity contribution is 7.10. The number of morpholine rings is 1. The van der Waals surface area contributed by atoms with Crippen LogP contribution in [0.2, 0.25) is 0 Å². The predicted molar refractivity (Wildman–Crippen MR) is 129 cm³/mol. The summed E-state index contributed by atoms with van der Waals surface area (Å²) in [5, 5.41) is 1.98. The molecule has 3 heterocycles. The Labute approximate surface area is 200 Å². The van der Waals surface area contributed by atoms with Gasteiger partial charge in [0.25, 0.3) is 5.91 Å². The maximum absolute atomic E-state index is 14.9. The summed E-state index contributed by atoms with van der Waals surface area (Å²) in [5.74, 6) is 0.428. The number of ether oxygens (including phenoxy) is 2. The van der Waals surface area contributed by atoms with Crippen molar-refractivity contribution >= 4 is 17.2 Å². The first kappa shape index (κ1) is 24.3. The van der Waals surface area contributed by atoms with Crippen molar-refractivity contribution in [2.45, 2.75) is 51.2 Å². The molecule has 2 aliphatic rings. The highest BCUT2D eigenvalue weighted by Crippen LogP contribution is 2.32. The number of hydrogen-bond acceptors (Lipinski definition) is 5. The first-order valence-electron chi connectivity index (χ1n) is 11.9. The van der Waals surface area contributed by atoms with Crippen LogP contribution in [0, 0.1) is 5.82 Å². The van der Waals surface area contributed by atoms with Crippen molar-refractivity contribution in [2.24, 2.45) is 0 Å². The van der Waals surface area contributed by atoms with Crippen molar-refractivity contribution < 1.29 is 18.7 Å². The molecule has 0 N–H and O–H groups in total. The summed E-state index contributed by atoms with van der Waals surface area (Å²) < 4.78 is 26.2. The van der Waals surface area contributed by atoms with Crippen molar-refractivity contribution in [1.29, 1.82) is 0 Å². The van der Waals surface area contributed by atoms with Gasteiger partial charge < -0.3 is 14.4 Å². The van der Waals surface area contributed by atoms with Gasteiger partial charge in [-0.15, -0.1) is 11.3 Å². The van der Waals surface area contributed by atoms with Crippen LogP contribution < -0.4 is 0 Å². The lowest BCUT2D eigenvalue weighted by molar-refractivity contribution is -0.128. The van der Waals surface area contributed by atoms with Gasteiger partial charge in [0.2, 0.25) is 0 Å². The van der Waals surface area contributed by atoms with Gasteiger partial charge in [-0.25, -0.2) is 4.39 Å². The zero-order chi connectivity index (χ0) is 23.4. The van der Waals surface area contributed by atoms with Crippen LogP contribution in [0.25, 0.3) is 0 Å². The van der Waals surface area contributed by atoms with Crippen molar-refractivity contribution in [2.75, 3.05) is 46.5 Å². The quantitative estimate of drug-likeness (QED) is 0.583. The minimum absolute atomic E-state index is 0.109. The molecule has 0 bridgehead atoms. The minimum atomic E-state index is -0.292. The van der Waals surface area contributed by atoms with Crippen LogP contribution in [0.3, 0.4) is 0 Å². The van der Waals surface area contributed by atoms with E-state index in [9.17, 15) is 9.18 Å². The zero-order valence-electron chi connectivity index (χ0n) is 19.9. The van der Waals surface area contributed by atoms with Gasteiger partial charge in [-0.05, 0) is 36.8 Å². The molecule has 2 aromatic rings. The molecule has 1 amide bonds. The van der Waals surface area contributed by atoms with Crippen LogP contribution in [0.15, 0.2) is 29.6 Å². The molecule has 0 atom stereocenters. The van der Waals surface area contributed by atoms with Gasteiger partial charge in [-0.1, -0.05) is 32.0 Å². The first-order valence-corrected chi connectivity index (χ1v) is 12.8. The van der Waals surface area contributed by atoms with Gasteiger partial charge >= 0.3 is 0 Å². The van der Waals surface area contributed by atoms with Crippen molar-refractivity contribution in [3.05, 3.63) is 57.0 Å². The summed E-state index contributed by atoms with van der Waals surface area (Å²) in [4.78, 5) is 18.6. The van der Waals surface area contributed by atoms with E-state index in [2.05, 4.69) is 18.7 Å². The van der Waals surface area contributed by atoms with Crippen molar-refractivity contribution in [3.8, 4) is 0 Å². The molecular formula is C26H35FN2O3S. The van der Waals surface area contributed by atoms with Gasteiger partial charge in [0, 0.05) is 49.1 Å². The minimum Gasteiger partial charge on any atom is -0.384 e. The number of amides is 1. The summed E-state index contributed by atoms with van der Waals surface area (Å²) in [6.45, 7) is 8.92. The lowest BCUT2D eigenvalue weighted by Gasteiger charge is -2.47. The number of thiophene rings is 1. The van der Waals surface area contributed by atoms with Crippen LogP contribution >= 0.6 is 11.3 Å². The smallest absolute Gasteiger partial charge is 0.254 e. The Morgan fingerprint density at radius 3 is 2.70 bits per heavy atom. The Bertz CT molecular complexity index is 953. The van der Waals surface area contributed by atoms with Crippen molar-refractivity contribution in [3.63, 3.8) is 0 Å². The van der Waals surface area contributed by atoms with E-state index >= 15 is 0 Å². The van der Waals surface area contributed by atoms with Crippen LogP contribution in [-0.2, 0) is 22.4 Å². The molecule has 1 aromatic heterocycles. The third-order valence-electron chi connectivity index (χ3n) is 6.87. The molecule has 33 heavy (non-hydrogen) atoms. The Kier molecular flexibility index (Phi) is 7.84. The van der Waals surface area contributed by atoms with Crippen LogP contribution in [0.1, 0.15) is 59.0 Å². The third kappa shape index (κ3) is 5.65. The van der Waals surface area contributed by atoms with Crippen LogP contribution in [-0.4, -0.2) is 67.8 Å². The fourth-order valence-electron chi connectivity index (χ4n) is 4.79. The molecule has 2 saturated heterocycles. The topological polar surface area (TPSA) is 42.0 Å². The molecule has 1 aromatic carbocycles. The molecule has 5 nitrogen and oxygen atoms in total. The molecular weight excluding hydrogens is 439 g/mol. The second kappa shape index (κ2) is 10.6. The van der Waals surface area contributed by atoms with Gasteiger partial charge in [-0.3, -0.25) is 9.69 Å². The normalized spacial score (nSPS) is 18.9. The highest BCUT2D eigenvalue weighted by atomic mass is 32.1. The number of piperidine rings is 1. The molecule has 2 aliphatic heterocycles. The number of halogens is 1. The van der Waals surface area contributed by atoms with E-state index in [1.54, 1.807) is 18.4 Å². The molecule has 180 valence electrons. The number of nitrogens with zero attached hydrogens (tertiary/aromatic N) is 2. The second-order valence-electron chi connectivity index (χ2n) is 9.56. The number of likely N-dealkylation sites (tertiary alicyclic amines) is 1. The Balaban J connectivity index is 1.35. The van der Waals surface area contributed by atoms with Gasteiger partial charge in [0.1, 0.15) is 5.82 Å². The zero-order valence-corrected chi connectivity index (χ0v) is 20.8. The van der Waals surface area contributed by atoms with E-state index in [-0.39, 0.29) is 17.3 Å². The maximum Gasteiger partial charge on any atom is 0.254 e. The van der Waals surface area contributed by atoms with Gasteiger partial charge in [0.05, 0.1) is 30.9 Å². The molecule has 0 radical (unpaired) electrons. The van der Waals surface area contributed by atoms with E-state index in [1.807, 2.05) is 34.5 Å². The largest absolute Gasteiger partial charge is 0.384 e. The number of carbonyl (C=O) groups excluding carboxylic acids is 1. The van der Waals surface area contributed by atoms with Crippen molar-refractivity contribution in [1.82, 2.24) is 9.80 Å². The third-order valence-corrected chi connectivity index (χ3v) is 8.10. The fourth-order valence-corrected chi connectivity index (χ4v) is 5.69.